The van der Waals surface area contributed by atoms with Crippen LogP contribution in [0.3, 0.4) is 0 Å². The van der Waals surface area contributed by atoms with Gasteiger partial charge < -0.3 is 15.1 Å². The number of fused-ring (bicyclic) bond motifs is 1. The van der Waals surface area contributed by atoms with Crippen molar-refractivity contribution in [2.45, 2.75) is 26.3 Å². The molecule has 0 bridgehead atoms. The Morgan fingerprint density at radius 1 is 1.09 bits per heavy atom. The summed E-state index contributed by atoms with van der Waals surface area (Å²) in [5.74, 6) is 1.01. The van der Waals surface area contributed by atoms with Crippen molar-refractivity contribution < 1.29 is 4.79 Å². The molecule has 1 N–H and O–H groups in total. The number of hydrogen-bond donors (Lipinski definition) is 1. The molecular weight excluding hydrogens is 288 g/mol. The maximum atomic E-state index is 12.2. The van der Waals surface area contributed by atoms with Gasteiger partial charge in [0.05, 0.1) is 0 Å². The molecule has 1 aliphatic heterocycles. The minimum absolute atomic E-state index is 0.0167. The molecule has 0 radical (unpaired) electrons. The molecule has 122 valence electrons. The Balaban J connectivity index is 1.70. The zero-order chi connectivity index (χ0) is 16.4. The van der Waals surface area contributed by atoms with E-state index in [0.717, 1.165) is 18.9 Å². The molecule has 1 aromatic carbocycles. The molecule has 2 aromatic rings. The molecule has 0 saturated carbocycles. The SMILES string of the molecule is CC(C)(C)NC(=O)N1CCN(c2nccc3ccccc23)CC1. The summed E-state index contributed by atoms with van der Waals surface area (Å²) in [6, 6.07) is 10.3. The van der Waals surface area contributed by atoms with Gasteiger partial charge in [0.15, 0.2) is 0 Å². The molecule has 0 atom stereocenters. The van der Waals surface area contributed by atoms with Crippen LogP contribution in [-0.2, 0) is 0 Å². The molecule has 23 heavy (non-hydrogen) atoms. The number of piperazine rings is 1. The predicted molar refractivity (Wildman–Crippen MR) is 93.8 cm³/mol. The largest absolute Gasteiger partial charge is 0.353 e. The fourth-order valence-electron chi connectivity index (χ4n) is 2.88. The summed E-state index contributed by atoms with van der Waals surface area (Å²) >= 11 is 0. The lowest BCUT2D eigenvalue weighted by atomic mass is 10.1. The van der Waals surface area contributed by atoms with Gasteiger partial charge in [0.2, 0.25) is 0 Å². The van der Waals surface area contributed by atoms with E-state index in [9.17, 15) is 4.79 Å². The van der Waals surface area contributed by atoms with Gasteiger partial charge in [0.1, 0.15) is 5.82 Å². The standard InChI is InChI=1S/C18H24N4O/c1-18(2,3)20-17(23)22-12-10-21(11-13-22)16-15-7-5-4-6-14(15)8-9-19-16/h4-9H,10-13H2,1-3H3,(H,20,23). The van der Waals surface area contributed by atoms with Crippen LogP contribution in [0.4, 0.5) is 10.6 Å². The summed E-state index contributed by atoms with van der Waals surface area (Å²) < 4.78 is 0. The third-order valence-electron chi connectivity index (χ3n) is 4.00. The van der Waals surface area contributed by atoms with Crippen molar-refractivity contribution in [2.24, 2.45) is 0 Å². The fourth-order valence-corrected chi connectivity index (χ4v) is 2.88. The van der Waals surface area contributed by atoms with E-state index < -0.39 is 0 Å². The van der Waals surface area contributed by atoms with E-state index >= 15 is 0 Å². The van der Waals surface area contributed by atoms with Crippen LogP contribution in [0.25, 0.3) is 10.8 Å². The van der Waals surface area contributed by atoms with Gasteiger partial charge in [-0.05, 0) is 32.2 Å². The molecule has 2 amide bonds. The maximum absolute atomic E-state index is 12.2. The zero-order valence-electron chi connectivity index (χ0n) is 14.0. The van der Waals surface area contributed by atoms with Gasteiger partial charge in [0, 0.05) is 43.3 Å². The van der Waals surface area contributed by atoms with Crippen molar-refractivity contribution in [2.75, 3.05) is 31.1 Å². The fraction of sp³-hybridized carbons (Fsp3) is 0.444. The number of urea groups is 1. The molecule has 5 heteroatoms. The number of nitrogens with zero attached hydrogens (tertiary/aromatic N) is 3. The number of amides is 2. The van der Waals surface area contributed by atoms with E-state index in [0.29, 0.717) is 13.1 Å². The summed E-state index contributed by atoms with van der Waals surface area (Å²) in [5.41, 5.74) is -0.203. The van der Waals surface area contributed by atoms with E-state index in [2.05, 4.69) is 27.3 Å². The lowest BCUT2D eigenvalue weighted by Gasteiger charge is -2.37. The average molecular weight is 312 g/mol. The molecular formula is C18H24N4O. The number of rotatable bonds is 1. The number of anilines is 1. The number of nitrogens with one attached hydrogen (secondary N) is 1. The van der Waals surface area contributed by atoms with Crippen LogP contribution in [0.5, 0.6) is 0 Å². The first-order chi connectivity index (χ1) is 10.9. The molecule has 0 unspecified atom stereocenters. The Bertz CT molecular complexity index is 694. The van der Waals surface area contributed by atoms with E-state index in [1.165, 1.54) is 10.8 Å². The smallest absolute Gasteiger partial charge is 0.317 e. The second kappa shape index (κ2) is 6.07. The van der Waals surface area contributed by atoms with Gasteiger partial charge in [-0.2, -0.15) is 0 Å². The first kappa shape index (κ1) is 15.6. The molecule has 0 spiro atoms. The molecule has 1 fully saturated rings. The van der Waals surface area contributed by atoms with Crippen molar-refractivity contribution in [3.8, 4) is 0 Å². The van der Waals surface area contributed by atoms with Gasteiger partial charge in [-0.3, -0.25) is 0 Å². The third kappa shape index (κ3) is 3.55. The Labute approximate surface area is 137 Å². The summed E-state index contributed by atoms with van der Waals surface area (Å²) in [5, 5.41) is 5.39. The van der Waals surface area contributed by atoms with Gasteiger partial charge in [-0.25, -0.2) is 9.78 Å². The average Bonchev–Trinajstić information content (AvgIpc) is 2.53. The van der Waals surface area contributed by atoms with Gasteiger partial charge in [0.25, 0.3) is 0 Å². The lowest BCUT2D eigenvalue weighted by Crippen LogP contribution is -2.55. The first-order valence-electron chi connectivity index (χ1n) is 8.10. The van der Waals surface area contributed by atoms with Crippen LogP contribution in [0.1, 0.15) is 20.8 Å². The van der Waals surface area contributed by atoms with Gasteiger partial charge in [-0.15, -0.1) is 0 Å². The van der Waals surface area contributed by atoms with Crippen molar-refractivity contribution in [1.29, 1.82) is 0 Å². The van der Waals surface area contributed by atoms with E-state index in [1.54, 1.807) is 0 Å². The second-order valence-electron chi connectivity index (χ2n) is 7.01. The molecule has 3 rings (SSSR count). The van der Waals surface area contributed by atoms with Crippen molar-refractivity contribution in [3.05, 3.63) is 36.5 Å². The Kier molecular flexibility index (Phi) is 4.11. The zero-order valence-corrected chi connectivity index (χ0v) is 14.0. The number of benzene rings is 1. The van der Waals surface area contributed by atoms with Crippen LogP contribution in [0, 0.1) is 0 Å². The monoisotopic (exact) mass is 312 g/mol. The normalized spacial score (nSPS) is 15.8. The molecule has 1 aliphatic rings. The van der Waals surface area contributed by atoms with Crippen molar-refractivity contribution in [1.82, 2.24) is 15.2 Å². The van der Waals surface area contributed by atoms with E-state index in [1.807, 2.05) is 50.1 Å². The number of aromatic nitrogens is 1. The topological polar surface area (TPSA) is 48.5 Å². The number of hydrogen-bond acceptors (Lipinski definition) is 3. The molecule has 1 saturated heterocycles. The highest BCUT2D eigenvalue weighted by atomic mass is 16.2. The number of pyridine rings is 1. The van der Waals surface area contributed by atoms with Gasteiger partial charge in [-0.1, -0.05) is 24.3 Å². The molecule has 2 heterocycles. The summed E-state index contributed by atoms with van der Waals surface area (Å²) in [4.78, 5) is 21.0. The lowest BCUT2D eigenvalue weighted by molar-refractivity contribution is 0.185. The van der Waals surface area contributed by atoms with Crippen LogP contribution in [-0.4, -0.2) is 47.6 Å². The number of carbonyl (C=O) groups is 1. The van der Waals surface area contributed by atoms with E-state index in [-0.39, 0.29) is 11.6 Å². The Morgan fingerprint density at radius 3 is 2.48 bits per heavy atom. The Hall–Kier alpha value is -2.30. The molecule has 0 aliphatic carbocycles. The predicted octanol–water partition coefficient (Wildman–Crippen LogP) is 2.86. The van der Waals surface area contributed by atoms with Crippen LogP contribution in [0.15, 0.2) is 36.5 Å². The molecule has 5 nitrogen and oxygen atoms in total. The van der Waals surface area contributed by atoms with Crippen molar-refractivity contribution in [3.63, 3.8) is 0 Å². The summed E-state index contributed by atoms with van der Waals surface area (Å²) in [6.07, 6.45) is 1.86. The van der Waals surface area contributed by atoms with Crippen molar-refractivity contribution >= 4 is 22.6 Å². The second-order valence-corrected chi connectivity index (χ2v) is 7.01. The molecule has 1 aromatic heterocycles. The minimum atomic E-state index is -0.203. The highest BCUT2D eigenvalue weighted by molar-refractivity contribution is 5.92. The first-order valence-corrected chi connectivity index (χ1v) is 8.10. The maximum Gasteiger partial charge on any atom is 0.317 e. The van der Waals surface area contributed by atoms with Crippen LogP contribution in [0.2, 0.25) is 0 Å². The van der Waals surface area contributed by atoms with Crippen LogP contribution >= 0.6 is 0 Å². The highest BCUT2D eigenvalue weighted by Gasteiger charge is 2.25. The van der Waals surface area contributed by atoms with Crippen LogP contribution < -0.4 is 10.2 Å². The van der Waals surface area contributed by atoms with E-state index in [4.69, 9.17) is 0 Å². The Morgan fingerprint density at radius 2 is 1.78 bits per heavy atom. The summed E-state index contributed by atoms with van der Waals surface area (Å²) in [6.45, 7) is 9.04. The number of carbonyl (C=O) groups excluding carboxylic acids is 1. The third-order valence-corrected chi connectivity index (χ3v) is 4.00. The quantitative estimate of drug-likeness (QED) is 0.881. The van der Waals surface area contributed by atoms with Gasteiger partial charge >= 0.3 is 6.03 Å². The minimum Gasteiger partial charge on any atom is -0.353 e. The highest BCUT2D eigenvalue weighted by Crippen LogP contribution is 2.25. The summed E-state index contributed by atoms with van der Waals surface area (Å²) in [7, 11) is 0.